The van der Waals surface area contributed by atoms with Crippen molar-refractivity contribution >= 4 is 0 Å². The van der Waals surface area contributed by atoms with Crippen LogP contribution < -0.4 is 0 Å². The van der Waals surface area contributed by atoms with Crippen LogP contribution >= 0.6 is 0 Å². The van der Waals surface area contributed by atoms with Gasteiger partial charge in [-0.25, -0.2) is 4.98 Å². The van der Waals surface area contributed by atoms with Gasteiger partial charge in [0.2, 0.25) is 0 Å². The van der Waals surface area contributed by atoms with Gasteiger partial charge in [-0.15, -0.1) is 0 Å². The number of imidazole rings is 1. The van der Waals surface area contributed by atoms with Crippen molar-refractivity contribution in [2.24, 2.45) is 0 Å². The standard InChI is InChI=1S/C15H25N3O/c1-17-9-5-12(6-10-17)15-13(7-11-19)18-8-3-2-4-14(18)16-15/h12,19H,2-11H2,1H3. The number of piperidine rings is 1. The van der Waals surface area contributed by atoms with Crippen LogP contribution in [0.4, 0.5) is 0 Å². The molecular weight excluding hydrogens is 238 g/mol. The Bertz CT molecular complexity index is 433. The summed E-state index contributed by atoms with van der Waals surface area (Å²) < 4.78 is 2.40. The van der Waals surface area contributed by atoms with Crippen molar-refractivity contribution in [1.82, 2.24) is 14.5 Å². The van der Waals surface area contributed by atoms with E-state index in [1.807, 2.05) is 0 Å². The summed E-state index contributed by atoms with van der Waals surface area (Å²) in [5.41, 5.74) is 2.63. The highest BCUT2D eigenvalue weighted by molar-refractivity contribution is 5.23. The molecule has 3 rings (SSSR count). The fourth-order valence-corrected chi connectivity index (χ4v) is 3.54. The van der Waals surface area contributed by atoms with Gasteiger partial charge in [-0.05, 0) is 45.8 Å². The number of aliphatic hydroxyl groups excluding tert-OH is 1. The van der Waals surface area contributed by atoms with E-state index in [2.05, 4.69) is 16.5 Å². The number of hydrogen-bond acceptors (Lipinski definition) is 3. The maximum absolute atomic E-state index is 9.36. The summed E-state index contributed by atoms with van der Waals surface area (Å²) in [4.78, 5) is 7.35. The molecule has 4 nitrogen and oxygen atoms in total. The third kappa shape index (κ3) is 2.56. The van der Waals surface area contributed by atoms with E-state index >= 15 is 0 Å². The Kier molecular flexibility index (Phi) is 3.89. The van der Waals surface area contributed by atoms with Crippen LogP contribution in [0, 0.1) is 0 Å². The Morgan fingerprint density at radius 2 is 2.00 bits per heavy atom. The minimum absolute atomic E-state index is 0.241. The van der Waals surface area contributed by atoms with Crippen LogP contribution in [-0.2, 0) is 19.4 Å². The van der Waals surface area contributed by atoms with Crippen LogP contribution in [-0.4, -0.2) is 46.3 Å². The molecule has 0 saturated carbocycles. The fraction of sp³-hybridized carbons (Fsp3) is 0.800. The van der Waals surface area contributed by atoms with Crippen LogP contribution in [0.25, 0.3) is 0 Å². The molecule has 0 spiro atoms. The minimum atomic E-state index is 0.241. The second-order valence-electron chi connectivity index (χ2n) is 6.02. The molecule has 0 aromatic carbocycles. The zero-order valence-corrected chi connectivity index (χ0v) is 11.9. The molecule has 0 amide bonds. The summed E-state index contributed by atoms with van der Waals surface area (Å²) >= 11 is 0. The predicted octanol–water partition coefficient (Wildman–Crippen LogP) is 1.56. The van der Waals surface area contributed by atoms with Crippen molar-refractivity contribution in [3.8, 4) is 0 Å². The van der Waals surface area contributed by atoms with Gasteiger partial charge in [0.05, 0.1) is 5.69 Å². The zero-order chi connectivity index (χ0) is 13.2. The highest BCUT2D eigenvalue weighted by Gasteiger charge is 2.27. The summed E-state index contributed by atoms with van der Waals surface area (Å²) in [7, 11) is 2.20. The molecule has 2 aliphatic rings. The van der Waals surface area contributed by atoms with Gasteiger partial charge in [0.15, 0.2) is 0 Å². The van der Waals surface area contributed by atoms with Crippen LogP contribution in [0.3, 0.4) is 0 Å². The van der Waals surface area contributed by atoms with Crippen molar-refractivity contribution in [2.75, 3.05) is 26.7 Å². The molecule has 1 aromatic heterocycles. The van der Waals surface area contributed by atoms with Gasteiger partial charge in [0.25, 0.3) is 0 Å². The molecule has 1 saturated heterocycles. The molecule has 1 aromatic rings. The van der Waals surface area contributed by atoms with E-state index in [4.69, 9.17) is 4.98 Å². The monoisotopic (exact) mass is 263 g/mol. The molecule has 0 bridgehead atoms. The first-order valence-corrected chi connectivity index (χ1v) is 7.67. The molecule has 106 valence electrons. The average molecular weight is 263 g/mol. The van der Waals surface area contributed by atoms with E-state index in [0.717, 1.165) is 19.4 Å². The van der Waals surface area contributed by atoms with Crippen molar-refractivity contribution in [1.29, 1.82) is 0 Å². The Labute approximate surface area is 115 Å². The van der Waals surface area contributed by atoms with E-state index in [1.165, 1.54) is 56.0 Å². The number of hydrogen-bond donors (Lipinski definition) is 1. The Balaban J connectivity index is 1.89. The van der Waals surface area contributed by atoms with Gasteiger partial charge < -0.3 is 14.6 Å². The van der Waals surface area contributed by atoms with Gasteiger partial charge in [-0.3, -0.25) is 0 Å². The highest BCUT2D eigenvalue weighted by Crippen LogP contribution is 2.32. The number of aryl methyl sites for hydroxylation is 1. The average Bonchev–Trinajstić information content (AvgIpc) is 2.79. The molecule has 2 aliphatic heterocycles. The number of fused-ring (bicyclic) bond motifs is 1. The molecule has 0 unspecified atom stereocenters. The lowest BCUT2D eigenvalue weighted by molar-refractivity contribution is 0.251. The number of nitrogens with zero attached hydrogens (tertiary/aromatic N) is 3. The summed E-state index contributed by atoms with van der Waals surface area (Å²) in [5.74, 6) is 1.87. The lowest BCUT2D eigenvalue weighted by Crippen LogP contribution is -2.29. The van der Waals surface area contributed by atoms with Gasteiger partial charge in [0, 0.05) is 37.6 Å². The van der Waals surface area contributed by atoms with Gasteiger partial charge in [0.1, 0.15) is 5.82 Å². The molecule has 0 atom stereocenters. The first kappa shape index (κ1) is 13.1. The first-order chi connectivity index (χ1) is 9.29. The van der Waals surface area contributed by atoms with Crippen molar-refractivity contribution in [3.63, 3.8) is 0 Å². The second kappa shape index (κ2) is 5.63. The highest BCUT2D eigenvalue weighted by atomic mass is 16.3. The number of aliphatic hydroxyl groups is 1. The molecule has 0 aliphatic carbocycles. The van der Waals surface area contributed by atoms with Gasteiger partial charge in [-0.2, -0.15) is 0 Å². The molecular formula is C15H25N3O. The van der Waals surface area contributed by atoms with Gasteiger partial charge >= 0.3 is 0 Å². The lowest BCUT2D eigenvalue weighted by atomic mass is 9.92. The SMILES string of the molecule is CN1CCC(c2nc3n(c2CCO)CCCC3)CC1. The van der Waals surface area contributed by atoms with E-state index in [1.54, 1.807) is 0 Å². The number of aromatic nitrogens is 2. The Morgan fingerprint density at radius 1 is 1.21 bits per heavy atom. The smallest absolute Gasteiger partial charge is 0.109 e. The molecule has 1 fully saturated rings. The minimum Gasteiger partial charge on any atom is -0.396 e. The van der Waals surface area contributed by atoms with Crippen LogP contribution in [0.15, 0.2) is 0 Å². The van der Waals surface area contributed by atoms with Gasteiger partial charge in [-0.1, -0.05) is 0 Å². The van der Waals surface area contributed by atoms with Crippen LogP contribution in [0.1, 0.15) is 48.8 Å². The summed E-state index contributed by atoms with van der Waals surface area (Å²) in [6.45, 7) is 3.69. The third-order valence-corrected chi connectivity index (χ3v) is 4.67. The number of rotatable bonds is 3. The Morgan fingerprint density at radius 3 is 2.74 bits per heavy atom. The molecule has 3 heterocycles. The Hall–Kier alpha value is -0.870. The van der Waals surface area contributed by atoms with Crippen molar-refractivity contribution in [2.45, 2.75) is 51.0 Å². The predicted molar refractivity (Wildman–Crippen MR) is 75.4 cm³/mol. The zero-order valence-electron chi connectivity index (χ0n) is 11.9. The lowest BCUT2D eigenvalue weighted by Gasteiger charge is -2.28. The van der Waals surface area contributed by atoms with E-state index in [-0.39, 0.29) is 6.61 Å². The van der Waals surface area contributed by atoms with E-state index in [0.29, 0.717) is 5.92 Å². The normalized spacial score (nSPS) is 21.6. The van der Waals surface area contributed by atoms with E-state index < -0.39 is 0 Å². The summed E-state index contributed by atoms with van der Waals surface area (Å²) in [5, 5.41) is 9.36. The van der Waals surface area contributed by atoms with Crippen molar-refractivity contribution < 1.29 is 5.11 Å². The van der Waals surface area contributed by atoms with Crippen LogP contribution in [0.5, 0.6) is 0 Å². The quantitative estimate of drug-likeness (QED) is 0.900. The van der Waals surface area contributed by atoms with Crippen LogP contribution in [0.2, 0.25) is 0 Å². The molecule has 19 heavy (non-hydrogen) atoms. The maximum Gasteiger partial charge on any atom is 0.109 e. The topological polar surface area (TPSA) is 41.3 Å². The van der Waals surface area contributed by atoms with Crippen molar-refractivity contribution in [3.05, 3.63) is 17.2 Å². The summed E-state index contributed by atoms with van der Waals surface area (Å²) in [6, 6.07) is 0. The molecule has 1 N–H and O–H groups in total. The van der Waals surface area contributed by atoms with E-state index in [9.17, 15) is 5.11 Å². The number of likely N-dealkylation sites (tertiary alicyclic amines) is 1. The summed E-state index contributed by atoms with van der Waals surface area (Å²) in [6.07, 6.45) is 6.84. The molecule has 0 radical (unpaired) electrons. The first-order valence-electron chi connectivity index (χ1n) is 7.67. The second-order valence-corrected chi connectivity index (χ2v) is 6.02. The molecule has 4 heteroatoms. The largest absolute Gasteiger partial charge is 0.396 e. The fourth-order valence-electron chi connectivity index (χ4n) is 3.54. The third-order valence-electron chi connectivity index (χ3n) is 4.67. The maximum atomic E-state index is 9.36.